The van der Waals surface area contributed by atoms with Crippen molar-refractivity contribution < 1.29 is 17.5 Å². The van der Waals surface area contributed by atoms with E-state index in [9.17, 15) is 18.5 Å². The molecule has 3 aromatic rings. The molecule has 0 unspecified atom stereocenters. The van der Waals surface area contributed by atoms with E-state index in [-0.39, 0.29) is 17.2 Å². The Morgan fingerprint density at radius 1 is 1.15 bits per heavy atom. The first-order valence-electron chi connectivity index (χ1n) is 8.35. The molecule has 0 spiro atoms. The van der Waals surface area contributed by atoms with Crippen LogP contribution < -0.4 is 0 Å². The summed E-state index contributed by atoms with van der Waals surface area (Å²) in [5.41, 5.74) is 2.26. The number of rotatable bonds is 7. The Morgan fingerprint density at radius 3 is 2.52 bits per heavy atom. The summed E-state index contributed by atoms with van der Waals surface area (Å²) in [6.07, 6.45) is 0.453. The van der Waals surface area contributed by atoms with Gasteiger partial charge in [0.25, 0.3) is 15.8 Å². The molecule has 8 nitrogen and oxygen atoms in total. The van der Waals surface area contributed by atoms with E-state index in [0.717, 1.165) is 11.1 Å². The lowest BCUT2D eigenvalue weighted by molar-refractivity contribution is -0.384. The highest BCUT2D eigenvalue weighted by molar-refractivity contribution is 7.86. The Kier molecular flexibility index (Phi) is 5.24. The molecule has 0 aliphatic carbocycles. The highest BCUT2D eigenvalue weighted by Gasteiger charge is 2.15. The van der Waals surface area contributed by atoms with E-state index in [1.165, 1.54) is 24.3 Å². The fourth-order valence-electron chi connectivity index (χ4n) is 2.80. The molecule has 0 saturated heterocycles. The average molecular weight is 389 g/mol. The highest BCUT2D eigenvalue weighted by atomic mass is 32.2. The molecule has 0 bridgehead atoms. The smallest absolute Gasteiger partial charge is 0.296 e. The number of fused-ring (bicyclic) bond motifs is 1. The molecule has 0 aliphatic rings. The molecule has 3 rings (SSSR count). The Morgan fingerprint density at radius 2 is 1.85 bits per heavy atom. The van der Waals surface area contributed by atoms with Crippen LogP contribution in [0.5, 0.6) is 0 Å². The normalized spacial score (nSPS) is 11.8. The summed E-state index contributed by atoms with van der Waals surface area (Å²) < 4.78 is 31.4. The zero-order valence-corrected chi connectivity index (χ0v) is 15.8. The van der Waals surface area contributed by atoms with E-state index < -0.39 is 15.0 Å². The number of aromatic nitrogens is 2. The van der Waals surface area contributed by atoms with E-state index >= 15 is 0 Å². The fraction of sp³-hybridized carbons (Fsp3) is 0.278. The van der Waals surface area contributed by atoms with Crippen LogP contribution in [0, 0.1) is 24.0 Å². The van der Waals surface area contributed by atoms with Gasteiger partial charge >= 0.3 is 0 Å². The molecule has 0 atom stereocenters. The number of benzene rings is 2. The molecular weight excluding hydrogens is 370 g/mol. The third kappa shape index (κ3) is 4.15. The van der Waals surface area contributed by atoms with Gasteiger partial charge < -0.3 is 4.57 Å². The number of nitro groups is 1. The zero-order chi connectivity index (χ0) is 19.6. The molecule has 142 valence electrons. The third-order valence-corrected chi connectivity index (χ3v) is 5.53. The molecule has 2 aromatic carbocycles. The van der Waals surface area contributed by atoms with Crippen LogP contribution in [-0.4, -0.2) is 29.5 Å². The van der Waals surface area contributed by atoms with E-state index in [2.05, 4.69) is 4.98 Å². The van der Waals surface area contributed by atoms with E-state index in [0.29, 0.717) is 24.3 Å². The number of non-ortho nitro benzene ring substituents is 1. The van der Waals surface area contributed by atoms with Crippen molar-refractivity contribution >= 4 is 26.8 Å². The van der Waals surface area contributed by atoms with Gasteiger partial charge in [-0.15, -0.1) is 0 Å². The van der Waals surface area contributed by atoms with Gasteiger partial charge in [0.05, 0.1) is 27.5 Å². The number of imidazole rings is 1. The third-order valence-electron chi connectivity index (χ3n) is 4.21. The second-order valence-electron chi connectivity index (χ2n) is 6.18. The summed E-state index contributed by atoms with van der Waals surface area (Å²) in [4.78, 5) is 14.9. The van der Waals surface area contributed by atoms with Crippen molar-refractivity contribution in [3.05, 3.63) is 64.0 Å². The fourth-order valence-corrected chi connectivity index (χ4v) is 3.74. The number of nitro benzene ring substituents is 1. The van der Waals surface area contributed by atoms with Crippen LogP contribution in [0.15, 0.2) is 47.4 Å². The largest absolute Gasteiger partial charge is 0.328 e. The first kappa shape index (κ1) is 19.0. The predicted molar refractivity (Wildman–Crippen MR) is 100 cm³/mol. The van der Waals surface area contributed by atoms with E-state index in [1.807, 2.05) is 11.5 Å². The quantitative estimate of drug-likeness (QED) is 0.266. The summed E-state index contributed by atoms with van der Waals surface area (Å²) in [6.45, 7) is 4.20. The zero-order valence-electron chi connectivity index (χ0n) is 15.0. The molecule has 0 amide bonds. The molecule has 0 fully saturated rings. The lowest BCUT2D eigenvalue weighted by Crippen LogP contribution is -2.10. The number of aryl methyl sites for hydroxylation is 3. The van der Waals surface area contributed by atoms with Crippen LogP contribution in [0.3, 0.4) is 0 Å². The predicted octanol–water partition coefficient (Wildman–Crippen LogP) is 3.36. The van der Waals surface area contributed by atoms with Crippen molar-refractivity contribution in [2.75, 3.05) is 6.61 Å². The first-order chi connectivity index (χ1) is 12.8. The lowest BCUT2D eigenvalue weighted by Gasteiger charge is -2.08. The van der Waals surface area contributed by atoms with Crippen molar-refractivity contribution in [3.63, 3.8) is 0 Å². The van der Waals surface area contributed by atoms with Gasteiger partial charge in [0.1, 0.15) is 5.82 Å². The maximum atomic E-state index is 12.2. The van der Waals surface area contributed by atoms with Gasteiger partial charge in [0.2, 0.25) is 0 Å². The van der Waals surface area contributed by atoms with Gasteiger partial charge in [-0.1, -0.05) is 17.7 Å². The maximum absolute atomic E-state index is 12.2. The van der Waals surface area contributed by atoms with Crippen molar-refractivity contribution in [2.45, 2.75) is 31.7 Å². The van der Waals surface area contributed by atoms with Crippen molar-refractivity contribution in [1.29, 1.82) is 0 Å². The number of hydrogen-bond acceptors (Lipinski definition) is 6. The Bertz CT molecular complexity index is 1090. The summed E-state index contributed by atoms with van der Waals surface area (Å²) in [7, 11) is -3.79. The van der Waals surface area contributed by atoms with Crippen molar-refractivity contribution in [1.82, 2.24) is 9.55 Å². The second-order valence-corrected chi connectivity index (χ2v) is 7.80. The molecule has 0 radical (unpaired) electrons. The van der Waals surface area contributed by atoms with Crippen LogP contribution in [0.2, 0.25) is 0 Å². The maximum Gasteiger partial charge on any atom is 0.296 e. The minimum absolute atomic E-state index is 0.0142. The van der Waals surface area contributed by atoms with E-state index in [1.54, 1.807) is 25.1 Å². The second kappa shape index (κ2) is 7.45. The highest BCUT2D eigenvalue weighted by Crippen LogP contribution is 2.22. The summed E-state index contributed by atoms with van der Waals surface area (Å²) >= 11 is 0. The first-order valence-corrected chi connectivity index (χ1v) is 9.76. The summed E-state index contributed by atoms with van der Waals surface area (Å²) in [5.74, 6) is 0.701. The van der Waals surface area contributed by atoms with Crippen molar-refractivity contribution in [2.24, 2.45) is 0 Å². The summed E-state index contributed by atoms with van der Waals surface area (Å²) in [5, 5.41) is 10.9. The van der Waals surface area contributed by atoms with Crippen LogP contribution in [0.1, 0.15) is 17.8 Å². The molecule has 1 aromatic heterocycles. The molecule has 0 aliphatic heterocycles. The molecule has 1 heterocycles. The average Bonchev–Trinajstić information content (AvgIpc) is 2.93. The van der Waals surface area contributed by atoms with Gasteiger partial charge in [0.15, 0.2) is 0 Å². The minimum Gasteiger partial charge on any atom is -0.328 e. The van der Waals surface area contributed by atoms with Crippen molar-refractivity contribution in [3.8, 4) is 0 Å². The summed E-state index contributed by atoms with van der Waals surface area (Å²) in [6, 6.07) is 11.0. The van der Waals surface area contributed by atoms with Gasteiger partial charge in [-0.3, -0.25) is 14.3 Å². The number of nitrogens with zero attached hydrogens (tertiary/aromatic N) is 3. The Labute approximate surface area is 156 Å². The van der Waals surface area contributed by atoms with Crippen LogP contribution in [-0.2, 0) is 20.8 Å². The Hall–Kier alpha value is -2.78. The molecule has 9 heteroatoms. The lowest BCUT2D eigenvalue weighted by atomic mass is 10.2. The molecular formula is C18H19N3O5S. The molecule has 0 N–H and O–H groups in total. The van der Waals surface area contributed by atoms with E-state index in [4.69, 9.17) is 4.18 Å². The number of hydrogen-bond donors (Lipinski definition) is 0. The van der Waals surface area contributed by atoms with Crippen LogP contribution >= 0.6 is 0 Å². The van der Waals surface area contributed by atoms with Crippen LogP contribution in [0.4, 0.5) is 5.69 Å². The standard InChI is InChI=1S/C18H19N3O5S/c1-13-4-7-16(8-5-13)27(24,25)26-11-3-10-20-14(2)19-17-12-15(21(22)23)6-9-18(17)20/h4-9,12H,3,10-11H2,1-2H3. The van der Waals surface area contributed by atoms with Gasteiger partial charge in [0, 0.05) is 18.7 Å². The molecule has 0 saturated carbocycles. The van der Waals surface area contributed by atoms with Gasteiger partial charge in [-0.2, -0.15) is 8.42 Å². The Balaban J connectivity index is 1.66. The monoisotopic (exact) mass is 389 g/mol. The van der Waals surface area contributed by atoms with Gasteiger partial charge in [-0.25, -0.2) is 4.98 Å². The minimum atomic E-state index is -3.79. The van der Waals surface area contributed by atoms with Gasteiger partial charge in [-0.05, 0) is 38.5 Å². The van der Waals surface area contributed by atoms with Crippen LogP contribution in [0.25, 0.3) is 11.0 Å². The SMILES string of the molecule is Cc1ccc(S(=O)(=O)OCCCn2c(C)nc3cc([N+](=O)[O-])ccc32)cc1. The topological polar surface area (TPSA) is 104 Å². The molecule has 27 heavy (non-hydrogen) atoms.